The first kappa shape index (κ1) is 14.8. The van der Waals surface area contributed by atoms with Crippen LogP contribution in [0.5, 0.6) is 0 Å². The van der Waals surface area contributed by atoms with Gasteiger partial charge in [0.15, 0.2) is 0 Å². The smallest absolute Gasteiger partial charge is 0.427 e. The Labute approximate surface area is 134 Å². The van der Waals surface area contributed by atoms with Gasteiger partial charge >= 0.3 is 6.09 Å². The number of hydrazone groups is 1. The summed E-state index contributed by atoms with van der Waals surface area (Å²) >= 11 is 0. The number of amides is 1. The van der Waals surface area contributed by atoms with Crippen molar-refractivity contribution in [1.29, 1.82) is 0 Å². The molecule has 1 N–H and O–H groups in total. The highest BCUT2D eigenvalue weighted by molar-refractivity contribution is 5.99. The van der Waals surface area contributed by atoms with Crippen molar-refractivity contribution in [3.05, 3.63) is 71.9 Å². The number of rotatable bonds is 4. The molecule has 0 spiro atoms. The van der Waals surface area contributed by atoms with E-state index in [1.54, 1.807) is 6.21 Å². The average molecular weight is 307 g/mol. The van der Waals surface area contributed by atoms with Crippen LogP contribution in [0.2, 0.25) is 0 Å². The standard InChI is InChI=1S/C18H17N3O2/c1-23-18(22)20-19-11-15-13-21(12-14-7-3-2-4-8-14)17-10-6-5-9-16(15)17/h2-11,13H,12H2,1H3,(H,20,22)/b19-11-. The molecule has 0 aliphatic carbocycles. The van der Waals surface area contributed by atoms with Crippen molar-refractivity contribution in [2.75, 3.05) is 7.11 Å². The zero-order chi connectivity index (χ0) is 16.1. The second-order valence-corrected chi connectivity index (χ2v) is 5.08. The second-order valence-electron chi connectivity index (χ2n) is 5.08. The van der Waals surface area contributed by atoms with E-state index in [0.29, 0.717) is 0 Å². The molecule has 3 aromatic rings. The van der Waals surface area contributed by atoms with Crippen LogP contribution in [0.15, 0.2) is 65.9 Å². The summed E-state index contributed by atoms with van der Waals surface area (Å²) < 4.78 is 6.66. The van der Waals surface area contributed by atoms with E-state index >= 15 is 0 Å². The third-order valence-electron chi connectivity index (χ3n) is 3.56. The van der Waals surface area contributed by atoms with Crippen LogP contribution in [0.1, 0.15) is 11.1 Å². The molecule has 5 heteroatoms. The van der Waals surface area contributed by atoms with Gasteiger partial charge in [-0.25, -0.2) is 10.2 Å². The van der Waals surface area contributed by atoms with E-state index < -0.39 is 6.09 Å². The fraction of sp³-hybridized carbons (Fsp3) is 0.111. The highest BCUT2D eigenvalue weighted by atomic mass is 16.5. The first-order chi connectivity index (χ1) is 11.3. The Balaban J connectivity index is 1.92. The maximum absolute atomic E-state index is 11.1. The molecule has 116 valence electrons. The van der Waals surface area contributed by atoms with Crippen LogP contribution < -0.4 is 5.43 Å². The number of carbonyl (C=O) groups is 1. The number of fused-ring (bicyclic) bond motifs is 1. The number of hydrogen-bond donors (Lipinski definition) is 1. The van der Waals surface area contributed by atoms with Crippen LogP contribution in [0.25, 0.3) is 10.9 Å². The fourth-order valence-electron chi connectivity index (χ4n) is 2.49. The van der Waals surface area contributed by atoms with Gasteiger partial charge in [-0.1, -0.05) is 48.5 Å². The predicted octanol–water partition coefficient (Wildman–Crippen LogP) is 3.38. The molecular formula is C18H17N3O2. The monoisotopic (exact) mass is 307 g/mol. The normalized spacial score (nSPS) is 11.0. The number of ether oxygens (including phenoxy) is 1. The fourth-order valence-corrected chi connectivity index (χ4v) is 2.49. The van der Waals surface area contributed by atoms with E-state index in [-0.39, 0.29) is 0 Å². The van der Waals surface area contributed by atoms with Gasteiger partial charge in [0.05, 0.1) is 13.3 Å². The van der Waals surface area contributed by atoms with Crippen LogP contribution in [-0.2, 0) is 11.3 Å². The zero-order valence-corrected chi connectivity index (χ0v) is 12.8. The van der Waals surface area contributed by atoms with Crippen molar-refractivity contribution in [1.82, 2.24) is 9.99 Å². The van der Waals surface area contributed by atoms with Crippen LogP contribution in [-0.4, -0.2) is 24.0 Å². The average Bonchev–Trinajstić information content (AvgIpc) is 2.94. The van der Waals surface area contributed by atoms with E-state index in [4.69, 9.17) is 0 Å². The third kappa shape index (κ3) is 3.40. The summed E-state index contributed by atoms with van der Waals surface area (Å²) in [7, 11) is 1.30. The third-order valence-corrected chi connectivity index (χ3v) is 3.56. The highest BCUT2D eigenvalue weighted by Crippen LogP contribution is 2.21. The highest BCUT2D eigenvalue weighted by Gasteiger charge is 2.07. The van der Waals surface area contributed by atoms with Gasteiger partial charge in [-0.3, -0.25) is 0 Å². The Kier molecular flexibility index (Phi) is 4.38. The SMILES string of the molecule is COC(=O)N/N=C\c1cn(Cc2ccccc2)c2ccccc12. The molecule has 0 unspecified atom stereocenters. The first-order valence-corrected chi connectivity index (χ1v) is 7.27. The first-order valence-electron chi connectivity index (χ1n) is 7.27. The van der Waals surface area contributed by atoms with Gasteiger partial charge in [-0.2, -0.15) is 5.10 Å². The van der Waals surface area contributed by atoms with Crippen molar-refractivity contribution in [3.8, 4) is 0 Å². The van der Waals surface area contributed by atoms with Gasteiger partial charge < -0.3 is 9.30 Å². The minimum Gasteiger partial charge on any atom is -0.452 e. The lowest BCUT2D eigenvalue weighted by molar-refractivity contribution is 0.171. The number of hydrogen-bond acceptors (Lipinski definition) is 3. The Bertz CT molecular complexity index is 838. The summed E-state index contributed by atoms with van der Waals surface area (Å²) in [4.78, 5) is 11.1. The Morgan fingerprint density at radius 1 is 1.17 bits per heavy atom. The molecule has 1 amide bonds. The number of methoxy groups -OCH3 is 1. The summed E-state index contributed by atoms with van der Waals surface area (Å²) in [6.45, 7) is 0.777. The maximum atomic E-state index is 11.1. The summed E-state index contributed by atoms with van der Waals surface area (Å²) in [5.41, 5.74) is 5.59. The Hall–Kier alpha value is -3.08. The lowest BCUT2D eigenvalue weighted by Crippen LogP contribution is -2.16. The summed E-state index contributed by atoms with van der Waals surface area (Å²) in [6, 6.07) is 18.4. The molecule has 0 aliphatic rings. The minimum absolute atomic E-state index is 0.589. The maximum Gasteiger partial charge on any atom is 0.427 e. The Morgan fingerprint density at radius 2 is 1.91 bits per heavy atom. The molecule has 1 heterocycles. The number of nitrogens with one attached hydrogen (secondary N) is 1. The summed E-state index contributed by atoms with van der Waals surface area (Å²) in [5.74, 6) is 0. The van der Waals surface area contributed by atoms with Gasteiger partial charge in [0.2, 0.25) is 0 Å². The lowest BCUT2D eigenvalue weighted by Gasteiger charge is -2.05. The van der Waals surface area contributed by atoms with Crippen LogP contribution in [0.4, 0.5) is 4.79 Å². The Morgan fingerprint density at radius 3 is 2.70 bits per heavy atom. The molecule has 1 aromatic heterocycles. The minimum atomic E-state index is -0.589. The van der Waals surface area contributed by atoms with Crippen molar-refractivity contribution in [2.45, 2.75) is 6.54 Å². The van der Waals surface area contributed by atoms with Gasteiger partial charge in [0.25, 0.3) is 0 Å². The molecule has 0 radical (unpaired) electrons. The number of benzene rings is 2. The molecule has 0 bridgehead atoms. The van der Waals surface area contributed by atoms with Crippen molar-refractivity contribution >= 4 is 23.2 Å². The molecule has 0 aliphatic heterocycles. The molecule has 5 nitrogen and oxygen atoms in total. The van der Waals surface area contributed by atoms with Gasteiger partial charge in [-0.15, -0.1) is 0 Å². The van der Waals surface area contributed by atoms with Crippen LogP contribution in [0, 0.1) is 0 Å². The van der Waals surface area contributed by atoms with Crippen LogP contribution in [0.3, 0.4) is 0 Å². The van der Waals surface area contributed by atoms with E-state index in [0.717, 1.165) is 23.0 Å². The topological polar surface area (TPSA) is 55.6 Å². The number of carbonyl (C=O) groups excluding carboxylic acids is 1. The lowest BCUT2D eigenvalue weighted by atomic mass is 10.2. The van der Waals surface area contributed by atoms with Gasteiger partial charge in [-0.05, 0) is 11.6 Å². The van der Waals surface area contributed by atoms with E-state index in [1.165, 1.54) is 12.7 Å². The molecule has 0 fully saturated rings. The number of nitrogens with zero attached hydrogens (tertiary/aromatic N) is 2. The molecule has 0 saturated heterocycles. The van der Waals surface area contributed by atoms with Crippen molar-refractivity contribution in [2.24, 2.45) is 5.10 Å². The molecule has 0 saturated carbocycles. The second kappa shape index (κ2) is 6.79. The quantitative estimate of drug-likeness (QED) is 0.593. The number of para-hydroxylation sites is 1. The van der Waals surface area contributed by atoms with Crippen LogP contribution >= 0.6 is 0 Å². The number of aromatic nitrogens is 1. The summed E-state index contributed by atoms with van der Waals surface area (Å²) in [6.07, 6.45) is 3.07. The molecule has 23 heavy (non-hydrogen) atoms. The van der Waals surface area contributed by atoms with Crippen molar-refractivity contribution in [3.63, 3.8) is 0 Å². The summed E-state index contributed by atoms with van der Waals surface area (Å²) in [5, 5.41) is 5.00. The molecule has 2 aromatic carbocycles. The van der Waals surface area contributed by atoms with E-state index in [1.807, 2.05) is 42.6 Å². The molecular weight excluding hydrogens is 290 g/mol. The van der Waals surface area contributed by atoms with Gasteiger partial charge in [0.1, 0.15) is 0 Å². The molecule has 0 atom stereocenters. The largest absolute Gasteiger partial charge is 0.452 e. The van der Waals surface area contributed by atoms with Gasteiger partial charge in [0, 0.05) is 29.2 Å². The zero-order valence-electron chi connectivity index (χ0n) is 12.8. The molecule has 3 rings (SSSR count). The van der Waals surface area contributed by atoms with E-state index in [2.05, 4.69) is 38.0 Å². The van der Waals surface area contributed by atoms with Crippen molar-refractivity contribution < 1.29 is 9.53 Å². The van der Waals surface area contributed by atoms with E-state index in [9.17, 15) is 4.79 Å². The predicted molar refractivity (Wildman–Crippen MR) is 90.6 cm³/mol.